The van der Waals surface area contributed by atoms with Crippen LogP contribution in [0.25, 0.3) is 0 Å². The second-order valence-corrected chi connectivity index (χ2v) is 2.71. The molecule has 0 aliphatic carbocycles. The third-order valence-corrected chi connectivity index (χ3v) is 1.14. The Morgan fingerprint density at radius 1 is 1.00 bits per heavy atom. The Morgan fingerprint density at radius 3 is 1.22 bits per heavy atom. The van der Waals surface area contributed by atoms with Crippen LogP contribution >= 0.6 is 24.0 Å². The van der Waals surface area contributed by atoms with Crippen LogP contribution in [0.3, 0.4) is 0 Å². The summed E-state index contributed by atoms with van der Waals surface area (Å²) in [4.78, 5) is 10.8. The molecule has 0 saturated heterocycles. The van der Waals surface area contributed by atoms with Gasteiger partial charge in [-0.2, -0.15) is 0 Å². The first-order valence-electron chi connectivity index (χ1n) is 3.09. The average Bonchev–Trinajstić information content (AvgIpc) is 1.64. The summed E-state index contributed by atoms with van der Waals surface area (Å²) in [6.45, 7) is 7.73. The molecule has 0 aliphatic heterocycles. The number of hydrogen-bond donors (Lipinski definition) is 0. The van der Waals surface area contributed by atoms with Crippen molar-refractivity contribution in [1.82, 2.24) is 0 Å². The van der Waals surface area contributed by atoms with Crippen molar-refractivity contribution in [2.24, 2.45) is 11.8 Å². The second kappa shape index (κ2) is 5.21. The molecule has 0 radical (unpaired) electrons. The molecule has 0 aromatic heterocycles. The Bertz CT molecular complexity index is 76.9. The predicted molar refractivity (Wildman–Crippen MR) is 50.1 cm³/mol. The van der Waals surface area contributed by atoms with Crippen LogP contribution in [-0.4, -0.2) is 5.78 Å². The second-order valence-electron chi connectivity index (χ2n) is 2.71. The smallest absolute Gasteiger partial charge is 0.137 e. The van der Waals surface area contributed by atoms with Gasteiger partial charge in [-0.15, -0.1) is 24.0 Å². The molecule has 0 unspecified atom stereocenters. The number of rotatable bonds is 2. The van der Waals surface area contributed by atoms with Crippen molar-refractivity contribution < 1.29 is 4.79 Å². The van der Waals surface area contributed by atoms with Crippen molar-refractivity contribution in [1.29, 1.82) is 0 Å². The highest BCUT2D eigenvalue weighted by Crippen LogP contribution is 2.03. The lowest BCUT2D eigenvalue weighted by Gasteiger charge is -2.05. The summed E-state index contributed by atoms with van der Waals surface area (Å²) in [6, 6.07) is 0. The van der Waals surface area contributed by atoms with Gasteiger partial charge in [-0.3, -0.25) is 4.79 Å². The van der Waals surface area contributed by atoms with Gasteiger partial charge in [0.15, 0.2) is 0 Å². The van der Waals surface area contributed by atoms with Gasteiger partial charge in [0.2, 0.25) is 0 Å². The first-order chi connectivity index (χ1) is 3.55. The van der Waals surface area contributed by atoms with E-state index in [1.807, 2.05) is 27.7 Å². The molecular formula is C7H15IO. The molecule has 0 aliphatic rings. The summed E-state index contributed by atoms with van der Waals surface area (Å²) in [7, 11) is 0. The third kappa shape index (κ3) is 4.88. The van der Waals surface area contributed by atoms with Crippen molar-refractivity contribution in [3.63, 3.8) is 0 Å². The van der Waals surface area contributed by atoms with Gasteiger partial charge in [0.05, 0.1) is 0 Å². The fraction of sp³-hybridized carbons (Fsp3) is 0.857. The van der Waals surface area contributed by atoms with E-state index >= 15 is 0 Å². The fourth-order valence-electron chi connectivity index (χ4n) is 0.667. The molecular weight excluding hydrogens is 227 g/mol. The van der Waals surface area contributed by atoms with E-state index in [1.54, 1.807) is 0 Å². The molecule has 0 fully saturated rings. The molecule has 0 atom stereocenters. The van der Waals surface area contributed by atoms with E-state index in [-0.39, 0.29) is 35.8 Å². The molecule has 0 aromatic rings. The molecule has 0 bridgehead atoms. The maximum absolute atomic E-state index is 10.8. The zero-order chi connectivity index (χ0) is 6.73. The number of carbonyl (C=O) groups is 1. The maximum atomic E-state index is 10.8. The Hall–Kier alpha value is 0.400. The molecule has 2 heteroatoms. The van der Waals surface area contributed by atoms with Gasteiger partial charge in [-0.05, 0) is 0 Å². The number of Topliss-reactive ketones (excluding diaryl/α,β-unsaturated/α-hetero) is 1. The molecule has 9 heavy (non-hydrogen) atoms. The van der Waals surface area contributed by atoms with Crippen LogP contribution in [0.15, 0.2) is 0 Å². The molecule has 0 N–H and O–H groups in total. The van der Waals surface area contributed by atoms with Crippen molar-refractivity contribution in [3.05, 3.63) is 0 Å². The molecule has 0 saturated carbocycles. The molecule has 0 heterocycles. The van der Waals surface area contributed by atoms with E-state index in [0.717, 1.165) is 0 Å². The maximum Gasteiger partial charge on any atom is 0.137 e. The quantitative estimate of drug-likeness (QED) is 0.680. The van der Waals surface area contributed by atoms with Crippen LogP contribution in [0.2, 0.25) is 0 Å². The van der Waals surface area contributed by atoms with Crippen molar-refractivity contribution in [2.45, 2.75) is 27.7 Å². The van der Waals surface area contributed by atoms with Crippen LogP contribution in [-0.2, 0) is 4.79 Å². The first kappa shape index (κ1) is 12.1. The van der Waals surface area contributed by atoms with Crippen LogP contribution in [0.1, 0.15) is 27.7 Å². The Labute approximate surface area is 74.2 Å². The van der Waals surface area contributed by atoms with Gasteiger partial charge >= 0.3 is 0 Å². The lowest BCUT2D eigenvalue weighted by Crippen LogP contribution is -2.13. The monoisotopic (exact) mass is 242 g/mol. The summed E-state index contributed by atoms with van der Waals surface area (Å²) >= 11 is 0. The summed E-state index contributed by atoms with van der Waals surface area (Å²) in [5.74, 6) is 0.759. The van der Waals surface area contributed by atoms with Crippen LogP contribution in [0.4, 0.5) is 0 Å². The van der Waals surface area contributed by atoms with E-state index in [0.29, 0.717) is 5.78 Å². The van der Waals surface area contributed by atoms with Crippen LogP contribution in [0, 0.1) is 11.8 Å². The first-order valence-corrected chi connectivity index (χ1v) is 3.09. The van der Waals surface area contributed by atoms with Gasteiger partial charge in [0, 0.05) is 11.8 Å². The number of halogens is 1. The minimum atomic E-state index is 0. The number of carbonyl (C=O) groups excluding carboxylic acids is 1. The van der Waals surface area contributed by atoms with Gasteiger partial charge < -0.3 is 0 Å². The van der Waals surface area contributed by atoms with Gasteiger partial charge in [0.1, 0.15) is 5.78 Å². The van der Waals surface area contributed by atoms with E-state index in [2.05, 4.69) is 0 Å². The Kier molecular flexibility index (Phi) is 7.01. The number of ketones is 1. The lowest BCUT2D eigenvalue weighted by atomic mass is 9.99. The lowest BCUT2D eigenvalue weighted by molar-refractivity contribution is -0.124. The minimum Gasteiger partial charge on any atom is -0.299 e. The molecule has 0 aromatic carbocycles. The van der Waals surface area contributed by atoms with E-state index in [9.17, 15) is 4.79 Å². The van der Waals surface area contributed by atoms with Crippen molar-refractivity contribution in [3.8, 4) is 0 Å². The average molecular weight is 242 g/mol. The van der Waals surface area contributed by atoms with Gasteiger partial charge in [0.25, 0.3) is 0 Å². The van der Waals surface area contributed by atoms with Gasteiger partial charge in [-0.25, -0.2) is 0 Å². The zero-order valence-electron chi connectivity index (χ0n) is 6.47. The molecule has 0 amide bonds. The summed E-state index contributed by atoms with van der Waals surface area (Å²) in [5, 5.41) is 0. The summed E-state index contributed by atoms with van der Waals surface area (Å²) < 4.78 is 0. The molecule has 0 spiro atoms. The highest BCUT2D eigenvalue weighted by atomic mass is 127. The van der Waals surface area contributed by atoms with Crippen LogP contribution < -0.4 is 0 Å². The summed E-state index contributed by atoms with van der Waals surface area (Å²) in [5.41, 5.74) is 0. The van der Waals surface area contributed by atoms with E-state index < -0.39 is 0 Å². The molecule has 1 nitrogen and oxygen atoms in total. The number of hydrogen-bond acceptors (Lipinski definition) is 1. The normalized spacial score (nSPS) is 9.56. The fourth-order valence-corrected chi connectivity index (χ4v) is 0.667. The Morgan fingerprint density at radius 2 is 1.22 bits per heavy atom. The highest BCUT2D eigenvalue weighted by molar-refractivity contribution is 14.0. The SMILES string of the molecule is CC(C)C(=O)C(C)C.I. The zero-order valence-corrected chi connectivity index (χ0v) is 8.80. The Balaban J connectivity index is 0. The predicted octanol–water partition coefficient (Wildman–Crippen LogP) is 2.49. The van der Waals surface area contributed by atoms with Crippen molar-refractivity contribution >= 4 is 29.8 Å². The highest BCUT2D eigenvalue weighted by Gasteiger charge is 2.09. The third-order valence-electron chi connectivity index (χ3n) is 1.14. The largest absolute Gasteiger partial charge is 0.299 e. The van der Waals surface area contributed by atoms with Gasteiger partial charge in [-0.1, -0.05) is 27.7 Å². The summed E-state index contributed by atoms with van der Waals surface area (Å²) in [6.07, 6.45) is 0. The molecule has 0 rings (SSSR count). The van der Waals surface area contributed by atoms with Crippen LogP contribution in [0.5, 0.6) is 0 Å². The topological polar surface area (TPSA) is 17.1 Å². The minimum absolute atomic E-state index is 0. The van der Waals surface area contributed by atoms with E-state index in [1.165, 1.54) is 0 Å². The molecule has 56 valence electrons. The van der Waals surface area contributed by atoms with E-state index in [4.69, 9.17) is 0 Å². The van der Waals surface area contributed by atoms with Crippen molar-refractivity contribution in [2.75, 3.05) is 0 Å². The standard InChI is InChI=1S/C7H14O.HI/c1-5(2)7(8)6(3)4;/h5-6H,1-4H3;1H.